The van der Waals surface area contributed by atoms with Crippen molar-refractivity contribution in [2.45, 2.75) is 89.6 Å². The largest absolute Gasteiger partial charge is 0.393 e. The highest BCUT2D eigenvalue weighted by atomic mass is 35.5. The van der Waals surface area contributed by atoms with Gasteiger partial charge in [0.15, 0.2) is 0 Å². The second-order valence-corrected chi connectivity index (χ2v) is 13.6. The molecule has 1 aliphatic carbocycles. The van der Waals surface area contributed by atoms with Crippen molar-refractivity contribution in [2.24, 2.45) is 0 Å². The van der Waals surface area contributed by atoms with Crippen molar-refractivity contribution in [2.75, 3.05) is 23.7 Å². The minimum Gasteiger partial charge on any atom is -0.393 e. The average Bonchev–Trinajstić information content (AvgIpc) is 3.52. The predicted octanol–water partition coefficient (Wildman–Crippen LogP) is 6.78. The van der Waals surface area contributed by atoms with Gasteiger partial charge in [0.05, 0.1) is 40.1 Å². The van der Waals surface area contributed by atoms with Crippen LogP contribution in [0.2, 0.25) is 5.02 Å². The van der Waals surface area contributed by atoms with E-state index in [1.165, 1.54) is 0 Å². The molecule has 44 heavy (non-hydrogen) atoms. The fourth-order valence-corrected chi connectivity index (χ4v) is 6.68. The Bertz CT molecular complexity index is 1640. The topological polar surface area (TPSA) is 115 Å². The summed E-state index contributed by atoms with van der Waals surface area (Å²) in [6.07, 6.45) is 8.79. The lowest BCUT2D eigenvalue weighted by Crippen LogP contribution is -2.46. The van der Waals surface area contributed by atoms with Crippen LogP contribution in [0.3, 0.4) is 0 Å². The Kier molecular flexibility index (Phi) is 8.77. The van der Waals surface area contributed by atoms with Gasteiger partial charge in [0.25, 0.3) is 0 Å². The van der Waals surface area contributed by atoms with Gasteiger partial charge in [-0.25, -0.2) is 4.68 Å². The fraction of sp³-hybridized carbons (Fsp3) is 0.471. The highest BCUT2D eigenvalue weighted by molar-refractivity contribution is 6.35. The summed E-state index contributed by atoms with van der Waals surface area (Å²) in [5.74, 6) is 0. The van der Waals surface area contributed by atoms with E-state index in [9.17, 15) is 10.4 Å². The minimum absolute atomic E-state index is 0.188. The Morgan fingerprint density at radius 1 is 1.05 bits per heavy atom. The molecule has 2 fully saturated rings. The standard InChI is InChI=1S/C34H41ClN8O/c1-34(2,3)42-14-12-27(13-15-42)43-21-31(40-41-43)23-6-4-22(5-7-23)19-37-26-16-29-32(39-25-8-10-28(44)11-9-25)24(18-36)20-38-33(29)30(35)17-26/h4-7,16-17,20-21,25,27-28,37,44H,8-15,19H2,1-3H3,(H,38,39). The summed E-state index contributed by atoms with van der Waals surface area (Å²) in [6.45, 7) is 9.59. The number of nitrogens with zero attached hydrogens (tertiary/aromatic N) is 6. The lowest BCUT2D eigenvalue weighted by atomic mass is 9.92. The summed E-state index contributed by atoms with van der Waals surface area (Å²) in [7, 11) is 0. The van der Waals surface area contributed by atoms with Crippen LogP contribution in [0.25, 0.3) is 22.2 Å². The molecule has 0 bridgehead atoms. The number of fused-ring (bicyclic) bond motifs is 1. The zero-order chi connectivity index (χ0) is 30.8. The van der Waals surface area contributed by atoms with Crippen LogP contribution in [0.15, 0.2) is 48.8 Å². The normalized spacial score (nSPS) is 20.0. The molecule has 1 aliphatic heterocycles. The molecule has 230 valence electrons. The van der Waals surface area contributed by atoms with Gasteiger partial charge in [-0.3, -0.25) is 9.88 Å². The van der Waals surface area contributed by atoms with Gasteiger partial charge in [0, 0.05) is 54.0 Å². The summed E-state index contributed by atoms with van der Waals surface area (Å²) in [5.41, 5.74) is 6.00. The van der Waals surface area contributed by atoms with Crippen molar-refractivity contribution < 1.29 is 5.11 Å². The number of pyridine rings is 1. The van der Waals surface area contributed by atoms with Gasteiger partial charge in [0.1, 0.15) is 11.8 Å². The van der Waals surface area contributed by atoms with Gasteiger partial charge in [-0.2, -0.15) is 5.26 Å². The second-order valence-electron chi connectivity index (χ2n) is 13.2. The molecule has 1 saturated heterocycles. The Morgan fingerprint density at radius 3 is 2.45 bits per heavy atom. The molecule has 0 atom stereocenters. The van der Waals surface area contributed by atoms with E-state index in [1.807, 2.05) is 16.8 Å². The van der Waals surface area contributed by atoms with Gasteiger partial charge in [-0.15, -0.1) is 5.10 Å². The lowest BCUT2D eigenvalue weighted by Gasteiger charge is -2.40. The van der Waals surface area contributed by atoms with E-state index in [1.54, 1.807) is 6.20 Å². The average molecular weight is 613 g/mol. The number of nitrogens with one attached hydrogen (secondary N) is 2. The van der Waals surface area contributed by atoms with Gasteiger partial charge < -0.3 is 15.7 Å². The molecule has 10 heteroatoms. The third-order valence-corrected chi connectivity index (χ3v) is 9.42. The molecule has 3 N–H and O–H groups in total. The zero-order valence-electron chi connectivity index (χ0n) is 25.7. The number of anilines is 2. The van der Waals surface area contributed by atoms with Crippen LogP contribution in [0.4, 0.5) is 11.4 Å². The molecule has 0 radical (unpaired) electrons. The van der Waals surface area contributed by atoms with E-state index in [0.29, 0.717) is 28.7 Å². The predicted molar refractivity (Wildman–Crippen MR) is 176 cm³/mol. The molecule has 3 heterocycles. The van der Waals surface area contributed by atoms with Crippen molar-refractivity contribution in [3.63, 3.8) is 0 Å². The second kappa shape index (κ2) is 12.7. The van der Waals surface area contributed by atoms with Crippen molar-refractivity contribution in [1.82, 2.24) is 24.9 Å². The Balaban J connectivity index is 1.13. The van der Waals surface area contributed by atoms with Crippen LogP contribution in [0.1, 0.15) is 76.5 Å². The van der Waals surface area contributed by atoms with E-state index in [4.69, 9.17) is 11.6 Å². The maximum atomic E-state index is 9.92. The molecule has 2 aliphatic rings. The van der Waals surface area contributed by atoms with E-state index in [0.717, 1.165) is 85.2 Å². The molecule has 4 aromatic rings. The first-order valence-electron chi connectivity index (χ1n) is 15.6. The summed E-state index contributed by atoms with van der Waals surface area (Å²) in [4.78, 5) is 7.02. The molecule has 2 aromatic carbocycles. The summed E-state index contributed by atoms with van der Waals surface area (Å²) in [5, 5.41) is 37.1. The first-order valence-corrected chi connectivity index (χ1v) is 16.0. The number of benzene rings is 2. The molecule has 0 unspecified atom stereocenters. The lowest BCUT2D eigenvalue weighted by molar-refractivity contribution is 0.0866. The number of hydrogen-bond donors (Lipinski definition) is 3. The molecular formula is C34H41ClN8O. The van der Waals surface area contributed by atoms with Gasteiger partial charge in [-0.05, 0) is 77.0 Å². The number of likely N-dealkylation sites (tertiary alicyclic amines) is 1. The van der Waals surface area contributed by atoms with Crippen molar-refractivity contribution >= 4 is 33.9 Å². The zero-order valence-corrected chi connectivity index (χ0v) is 26.5. The van der Waals surface area contributed by atoms with Crippen LogP contribution >= 0.6 is 11.6 Å². The fourth-order valence-electron chi connectivity index (χ4n) is 6.41. The van der Waals surface area contributed by atoms with E-state index in [2.05, 4.69) is 88.1 Å². The number of piperidine rings is 1. The number of halogens is 1. The molecule has 0 spiro atoms. The number of rotatable bonds is 7. The highest BCUT2D eigenvalue weighted by Gasteiger charge is 2.28. The number of hydrogen-bond acceptors (Lipinski definition) is 8. The maximum absolute atomic E-state index is 9.92. The summed E-state index contributed by atoms with van der Waals surface area (Å²) < 4.78 is 2.04. The van der Waals surface area contributed by atoms with Crippen LogP contribution < -0.4 is 10.6 Å². The SMILES string of the molecule is CC(C)(C)N1CCC(n2cc(-c3ccc(CNc4cc(Cl)c5ncc(C#N)c(NC6CCC(O)CC6)c5c4)cc3)nn2)CC1. The number of aromatic nitrogens is 4. The molecular weight excluding hydrogens is 572 g/mol. The van der Waals surface area contributed by atoms with Gasteiger partial charge in [-0.1, -0.05) is 41.1 Å². The minimum atomic E-state index is -0.243. The van der Waals surface area contributed by atoms with Crippen molar-refractivity contribution in [3.8, 4) is 17.3 Å². The van der Waals surface area contributed by atoms with E-state index >= 15 is 0 Å². The number of aliphatic hydroxyl groups excluding tert-OH is 1. The Hall–Kier alpha value is -3.71. The number of nitriles is 1. The Morgan fingerprint density at radius 2 is 1.77 bits per heavy atom. The van der Waals surface area contributed by atoms with E-state index in [-0.39, 0.29) is 17.7 Å². The van der Waals surface area contributed by atoms with Gasteiger partial charge in [0.2, 0.25) is 0 Å². The number of aliphatic hydroxyl groups is 1. The van der Waals surface area contributed by atoms with Crippen LogP contribution in [0.5, 0.6) is 0 Å². The maximum Gasteiger partial charge on any atom is 0.113 e. The quantitative estimate of drug-likeness (QED) is 0.209. The monoisotopic (exact) mass is 612 g/mol. The van der Waals surface area contributed by atoms with Gasteiger partial charge >= 0.3 is 0 Å². The Labute approximate surface area is 264 Å². The van der Waals surface area contributed by atoms with Crippen LogP contribution in [-0.4, -0.2) is 60.8 Å². The molecule has 2 aromatic heterocycles. The van der Waals surface area contributed by atoms with Crippen molar-refractivity contribution in [1.29, 1.82) is 5.26 Å². The first-order chi connectivity index (χ1) is 21.2. The van der Waals surface area contributed by atoms with E-state index < -0.39 is 0 Å². The smallest absolute Gasteiger partial charge is 0.113 e. The highest BCUT2D eigenvalue weighted by Crippen LogP contribution is 2.35. The van der Waals surface area contributed by atoms with Crippen LogP contribution in [-0.2, 0) is 6.54 Å². The third-order valence-electron chi connectivity index (χ3n) is 9.13. The molecule has 0 amide bonds. The molecule has 9 nitrogen and oxygen atoms in total. The van der Waals surface area contributed by atoms with Crippen LogP contribution in [0, 0.1) is 11.3 Å². The summed E-state index contributed by atoms with van der Waals surface area (Å²) in [6, 6.07) is 15.1. The molecule has 6 rings (SSSR count). The van der Waals surface area contributed by atoms with Crippen molar-refractivity contribution in [3.05, 3.63) is 64.9 Å². The molecule has 1 saturated carbocycles. The first kappa shape index (κ1) is 30.3. The third kappa shape index (κ3) is 6.68. The summed E-state index contributed by atoms with van der Waals surface area (Å²) >= 11 is 6.68.